The highest BCUT2D eigenvalue weighted by Crippen LogP contribution is 2.38. The Hall–Kier alpha value is -2.19. The van der Waals surface area contributed by atoms with Crippen LogP contribution in [0, 0.1) is 3.95 Å². The summed E-state index contributed by atoms with van der Waals surface area (Å²) in [5, 5.41) is 4.34. The minimum absolute atomic E-state index is 0.111. The van der Waals surface area contributed by atoms with Gasteiger partial charge in [-0.15, -0.1) is 11.3 Å². The van der Waals surface area contributed by atoms with Gasteiger partial charge in [-0.05, 0) is 42.9 Å². The summed E-state index contributed by atoms with van der Waals surface area (Å²) >= 11 is 19.6. The molecule has 1 N–H and O–H groups in total. The molecule has 5 nitrogen and oxygen atoms in total. The Bertz CT molecular complexity index is 1420. The van der Waals surface area contributed by atoms with Crippen LogP contribution in [0.25, 0.3) is 27.0 Å². The van der Waals surface area contributed by atoms with E-state index in [2.05, 4.69) is 12.2 Å². The van der Waals surface area contributed by atoms with Gasteiger partial charge in [-0.25, -0.2) is 0 Å². The first kappa shape index (κ1) is 22.0. The van der Waals surface area contributed by atoms with Gasteiger partial charge in [-0.1, -0.05) is 54.7 Å². The van der Waals surface area contributed by atoms with E-state index in [0.717, 1.165) is 17.7 Å². The lowest BCUT2D eigenvalue weighted by molar-refractivity contribution is -0.121. The van der Waals surface area contributed by atoms with Gasteiger partial charge in [0.15, 0.2) is 3.95 Å². The molecule has 2 aromatic heterocycles. The van der Waals surface area contributed by atoms with Crippen LogP contribution in [-0.2, 0) is 11.3 Å². The van der Waals surface area contributed by atoms with Crippen molar-refractivity contribution >= 4 is 69.2 Å². The molecule has 4 aromatic rings. The molecule has 31 heavy (non-hydrogen) atoms. The quantitative estimate of drug-likeness (QED) is 0.268. The van der Waals surface area contributed by atoms with E-state index in [1.54, 1.807) is 30.3 Å². The third-order valence-electron chi connectivity index (χ3n) is 4.99. The van der Waals surface area contributed by atoms with E-state index >= 15 is 0 Å². The maximum atomic E-state index is 13.4. The normalized spacial score (nSPS) is 11.3. The summed E-state index contributed by atoms with van der Waals surface area (Å²) < 4.78 is 3.89. The minimum Gasteiger partial charge on any atom is -0.355 e. The third kappa shape index (κ3) is 4.15. The lowest BCUT2D eigenvalue weighted by Gasteiger charge is -2.14. The number of amides is 1. The van der Waals surface area contributed by atoms with E-state index in [1.165, 1.54) is 15.9 Å². The fraction of sp³-hybridized carbons (Fsp3) is 0.227. The van der Waals surface area contributed by atoms with Gasteiger partial charge in [-0.3, -0.25) is 18.6 Å². The molecule has 0 unspecified atom stereocenters. The average molecular weight is 492 g/mol. The number of benzene rings is 2. The number of aromatic nitrogens is 2. The first-order chi connectivity index (χ1) is 14.9. The van der Waals surface area contributed by atoms with Crippen molar-refractivity contribution in [1.29, 1.82) is 0 Å². The van der Waals surface area contributed by atoms with Crippen molar-refractivity contribution in [3.63, 3.8) is 0 Å². The van der Waals surface area contributed by atoms with Gasteiger partial charge in [-0.2, -0.15) is 0 Å². The predicted molar refractivity (Wildman–Crippen MR) is 131 cm³/mol. The summed E-state index contributed by atoms with van der Waals surface area (Å²) in [4.78, 5) is 26.8. The van der Waals surface area contributed by atoms with E-state index < -0.39 is 0 Å². The molecular formula is C22H19Cl2N3O2S2. The zero-order chi connectivity index (χ0) is 22.1. The zero-order valence-corrected chi connectivity index (χ0v) is 19.8. The first-order valence-corrected chi connectivity index (χ1v) is 11.8. The van der Waals surface area contributed by atoms with Crippen molar-refractivity contribution in [2.24, 2.45) is 0 Å². The number of thiazole rings is 1. The van der Waals surface area contributed by atoms with Crippen molar-refractivity contribution in [1.82, 2.24) is 14.3 Å². The van der Waals surface area contributed by atoms with Gasteiger partial charge >= 0.3 is 0 Å². The summed E-state index contributed by atoms with van der Waals surface area (Å²) in [5.41, 5.74) is 1.70. The Kier molecular flexibility index (Phi) is 6.48. The average Bonchev–Trinajstić information content (AvgIpc) is 3.08. The van der Waals surface area contributed by atoms with Crippen molar-refractivity contribution in [3.8, 4) is 10.4 Å². The van der Waals surface area contributed by atoms with Crippen molar-refractivity contribution in [2.75, 3.05) is 6.54 Å². The zero-order valence-electron chi connectivity index (χ0n) is 16.7. The lowest BCUT2D eigenvalue weighted by Crippen LogP contribution is -2.33. The smallest absolute Gasteiger partial charge is 0.262 e. The number of para-hydroxylation sites is 1. The van der Waals surface area contributed by atoms with Crippen LogP contribution >= 0.6 is 46.8 Å². The lowest BCUT2D eigenvalue weighted by atomic mass is 10.2. The number of hydrogen-bond acceptors (Lipinski definition) is 4. The molecule has 160 valence electrons. The van der Waals surface area contributed by atoms with Crippen LogP contribution in [0.3, 0.4) is 0 Å². The second-order valence-corrected chi connectivity index (χ2v) is 9.58. The molecule has 0 atom stereocenters. The molecule has 0 radical (unpaired) electrons. The van der Waals surface area contributed by atoms with Crippen LogP contribution < -0.4 is 10.9 Å². The molecule has 0 saturated heterocycles. The second kappa shape index (κ2) is 9.12. The van der Waals surface area contributed by atoms with Gasteiger partial charge in [0, 0.05) is 17.1 Å². The highest BCUT2D eigenvalue weighted by molar-refractivity contribution is 7.73. The number of carbonyl (C=O) groups excluding carboxylic acids is 1. The standard InChI is InChI=1S/C22H19Cl2N3O2S2/c1-2-3-10-25-18(28)12-26-20-19(14-9-8-13(23)11-16(14)24)31-22(30)27(20)17-7-5-4-6-15(17)21(26)29/h4-9,11H,2-3,10,12H2,1H3,(H,25,28). The summed E-state index contributed by atoms with van der Waals surface area (Å²) in [6.45, 7) is 2.51. The van der Waals surface area contributed by atoms with Gasteiger partial charge < -0.3 is 5.32 Å². The molecule has 0 spiro atoms. The molecule has 2 heterocycles. The summed E-state index contributed by atoms with van der Waals surface area (Å²) in [5.74, 6) is -0.224. The molecular weight excluding hydrogens is 473 g/mol. The van der Waals surface area contributed by atoms with Gasteiger partial charge in [0.25, 0.3) is 5.56 Å². The van der Waals surface area contributed by atoms with E-state index in [0.29, 0.717) is 42.7 Å². The fourth-order valence-electron chi connectivity index (χ4n) is 3.51. The Morgan fingerprint density at radius 3 is 2.71 bits per heavy atom. The molecule has 0 aliphatic carbocycles. The molecule has 0 aliphatic rings. The van der Waals surface area contributed by atoms with Gasteiger partial charge in [0.05, 0.1) is 20.8 Å². The van der Waals surface area contributed by atoms with Crippen molar-refractivity contribution < 1.29 is 4.79 Å². The number of fused-ring (bicyclic) bond motifs is 3. The number of rotatable bonds is 6. The Morgan fingerprint density at radius 1 is 1.19 bits per heavy atom. The topological polar surface area (TPSA) is 55.5 Å². The number of halogens is 2. The third-order valence-corrected chi connectivity index (χ3v) is 6.94. The number of carbonyl (C=O) groups is 1. The number of nitrogens with zero attached hydrogens (tertiary/aromatic N) is 2. The second-order valence-electron chi connectivity index (χ2n) is 7.09. The molecule has 9 heteroatoms. The summed E-state index contributed by atoms with van der Waals surface area (Å²) in [6, 6.07) is 12.5. The van der Waals surface area contributed by atoms with Crippen LogP contribution in [0.4, 0.5) is 0 Å². The molecule has 0 saturated carbocycles. The largest absolute Gasteiger partial charge is 0.355 e. The highest BCUT2D eigenvalue weighted by atomic mass is 35.5. The predicted octanol–water partition coefficient (Wildman–Crippen LogP) is 5.94. The van der Waals surface area contributed by atoms with E-state index in [4.69, 9.17) is 35.4 Å². The van der Waals surface area contributed by atoms with Crippen LogP contribution in [0.1, 0.15) is 19.8 Å². The van der Waals surface area contributed by atoms with Crippen LogP contribution in [-0.4, -0.2) is 21.4 Å². The monoisotopic (exact) mass is 491 g/mol. The van der Waals surface area contributed by atoms with Crippen LogP contribution in [0.5, 0.6) is 0 Å². The highest BCUT2D eigenvalue weighted by Gasteiger charge is 2.21. The fourth-order valence-corrected chi connectivity index (χ4v) is 5.54. The summed E-state index contributed by atoms with van der Waals surface area (Å²) in [7, 11) is 0. The van der Waals surface area contributed by atoms with Crippen molar-refractivity contribution in [3.05, 3.63) is 66.8 Å². The first-order valence-electron chi connectivity index (χ1n) is 9.81. The van der Waals surface area contributed by atoms with Crippen LogP contribution in [0.15, 0.2) is 47.3 Å². The Balaban J connectivity index is 2.02. The Labute approximate surface area is 197 Å². The SMILES string of the molecule is CCCCNC(=O)Cn1c(=O)c2ccccc2n2c(=S)sc(-c3ccc(Cl)cc3Cl)c12. The summed E-state index contributed by atoms with van der Waals surface area (Å²) in [6.07, 6.45) is 1.85. The molecule has 0 fully saturated rings. The van der Waals surface area contributed by atoms with E-state index in [-0.39, 0.29) is 18.0 Å². The van der Waals surface area contributed by atoms with E-state index in [1.807, 2.05) is 16.5 Å². The molecule has 2 aromatic carbocycles. The molecule has 0 bridgehead atoms. The van der Waals surface area contributed by atoms with Crippen molar-refractivity contribution in [2.45, 2.75) is 26.3 Å². The maximum absolute atomic E-state index is 13.4. The van der Waals surface area contributed by atoms with E-state index in [9.17, 15) is 9.59 Å². The van der Waals surface area contributed by atoms with Gasteiger partial charge in [0.1, 0.15) is 12.2 Å². The van der Waals surface area contributed by atoms with Gasteiger partial charge in [0.2, 0.25) is 5.91 Å². The number of unbranched alkanes of at least 4 members (excludes halogenated alkanes) is 1. The number of hydrogen-bond donors (Lipinski definition) is 1. The molecule has 0 aliphatic heterocycles. The minimum atomic E-state index is -0.250. The number of nitrogens with one attached hydrogen (secondary N) is 1. The Morgan fingerprint density at radius 2 is 1.97 bits per heavy atom. The van der Waals surface area contributed by atoms with Crippen LogP contribution in [0.2, 0.25) is 10.0 Å². The maximum Gasteiger partial charge on any atom is 0.262 e. The molecule has 4 rings (SSSR count). The molecule has 1 amide bonds.